The highest BCUT2D eigenvalue weighted by Gasteiger charge is 2.17. The second kappa shape index (κ2) is 11.3. The van der Waals surface area contributed by atoms with Crippen molar-refractivity contribution in [2.45, 2.75) is 19.0 Å². The number of amides is 1. The molecule has 1 heterocycles. The minimum absolute atomic E-state index is 0.136. The van der Waals surface area contributed by atoms with Gasteiger partial charge in [0.2, 0.25) is 0 Å². The third-order valence-electron chi connectivity index (χ3n) is 6.12. The number of hydrogen-bond acceptors (Lipinski definition) is 6. The van der Waals surface area contributed by atoms with Crippen molar-refractivity contribution in [2.75, 3.05) is 12.9 Å². The summed E-state index contributed by atoms with van der Waals surface area (Å²) in [5, 5.41) is 16.1. The molecule has 0 spiro atoms. The molecular weight excluding hydrogens is 494 g/mol. The van der Waals surface area contributed by atoms with Crippen molar-refractivity contribution in [3.8, 4) is 22.8 Å². The van der Waals surface area contributed by atoms with Gasteiger partial charge in [-0.25, -0.2) is 5.43 Å². The van der Waals surface area contributed by atoms with Crippen LogP contribution in [0.4, 0.5) is 0 Å². The van der Waals surface area contributed by atoms with Gasteiger partial charge in [-0.1, -0.05) is 78.0 Å². The van der Waals surface area contributed by atoms with Gasteiger partial charge in [0.05, 0.1) is 18.6 Å². The summed E-state index contributed by atoms with van der Waals surface area (Å²) >= 11 is 1.30. The Morgan fingerprint density at radius 1 is 0.947 bits per heavy atom. The van der Waals surface area contributed by atoms with Crippen LogP contribution >= 0.6 is 11.8 Å². The van der Waals surface area contributed by atoms with Crippen LogP contribution in [-0.2, 0) is 4.79 Å². The molecular formula is C30H27N5O2S. The van der Waals surface area contributed by atoms with Gasteiger partial charge in [0.25, 0.3) is 5.91 Å². The molecule has 8 heteroatoms. The van der Waals surface area contributed by atoms with Crippen LogP contribution in [0, 0.1) is 6.92 Å². The van der Waals surface area contributed by atoms with Crippen molar-refractivity contribution < 1.29 is 9.53 Å². The van der Waals surface area contributed by atoms with E-state index in [0.717, 1.165) is 44.6 Å². The number of nitrogens with one attached hydrogen (secondary N) is 1. The summed E-state index contributed by atoms with van der Waals surface area (Å²) in [6, 6.07) is 30.1. The highest BCUT2D eigenvalue weighted by molar-refractivity contribution is 7.99. The Kier molecular flexibility index (Phi) is 7.51. The number of thioether (sulfide) groups is 1. The summed E-state index contributed by atoms with van der Waals surface area (Å²) in [5.74, 6) is 1.36. The van der Waals surface area contributed by atoms with Gasteiger partial charge < -0.3 is 4.74 Å². The molecule has 190 valence electrons. The molecule has 38 heavy (non-hydrogen) atoms. The number of ether oxygens (including phenoxy) is 1. The number of aromatic nitrogens is 3. The molecule has 0 bridgehead atoms. The highest BCUT2D eigenvalue weighted by Crippen LogP contribution is 2.29. The van der Waals surface area contributed by atoms with E-state index >= 15 is 0 Å². The van der Waals surface area contributed by atoms with E-state index in [-0.39, 0.29) is 11.7 Å². The van der Waals surface area contributed by atoms with Gasteiger partial charge in [0.15, 0.2) is 11.0 Å². The van der Waals surface area contributed by atoms with Gasteiger partial charge in [-0.3, -0.25) is 9.36 Å². The Morgan fingerprint density at radius 3 is 2.42 bits per heavy atom. The third-order valence-corrected chi connectivity index (χ3v) is 7.05. The first-order valence-corrected chi connectivity index (χ1v) is 13.1. The number of rotatable bonds is 8. The molecule has 1 aromatic heterocycles. The van der Waals surface area contributed by atoms with E-state index in [2.05, 4.69) is 45.0 Å². The minimum Gasteiger partial charge on any atom is -0.497 e. The Hall–Kier alpha value is -4.43. The molecule has 0 aliphatic rings. The second-order valence-electron chi connectivity index (χ2n) is 8.79. The van der Waals surface area contributed by atoms with E-state index in [4.69, 9.17) is 4.74 Å². The summed E-state index contributed by atoms with van der Waals surface area (Å²) in [7, 11) is 1.63. The number of nitrogens with zero attached hydrogens (tertiary/aromatic N) is 4. The van der Waals surface area contributed by atoms with Crippen LogP contribution in [0.1, 0.15) is 18.1 Å². The molecule has 0 saturated heterocycles. The van der Waals surface area contributed by atoms with Crippen molar-refractivity contribution in [3.63, 3.8) is 0 Å². The van der Waals surface area contributed by atoms with E-state index < -0.39 is 0 Å². The van der Waals surface area contributed by atoms with Crippen molar-refractivity contribution >= 4 is 34.2 Å². The molecule has 0 unspecified atom stereocenters. The van der Waals surface area contributed by atoms with Crippen LogP contribution in [-0.4, -0.2) is 39.2 Å². The average Bonchev–Trinajstić information content (AvgIpc) is 3.38. The fourth-order valence-corrected chi connectivity index (χ4v) is 4.75. The smallest absolute Gasteiger partial charge is 0.250 e. The van der Waals surface area contributed by atoms with E-state index in [1.807, 2.05) is 85.1 Å². The van der Waals surface area contributed by atoms with Crippen molar-refractivity contribution in [3.05, 3.63) is 102 Å². The lowest BCUT2D eigenvalue weighted by Crippen LogP contribution is -2.21. The Labute approximate surface area is 225 Å². The SMILES string of the molecule is COc1ccc(-n2c(SCC(=O)N/N=C(/C)c3ccc4ccccc4c3)nnc2-c2ccc(C)cc2)cc1. The molecule has 0 aliphatic carbocycles. The predicted octanol–water partition coefficient (Wildman–Crippen LogP) is 6.04. The Bertz CT molecular complexity index is 1610. The maximum absolute atomic E-state index is 12.7. The largest absolute Gasteiger partial charge is 0.497 e. The first-order chi connectivity index (χ1) is 18.5. The maximum Gasteiger partial charge on any atom is 0.250 e. The molecule has 0 aliphatic heterocycles. The van der Waals surface area contributed by atoms with Crippen molar-refractivity contribution in [1.29, 1.82) is 0 Å². The Morgan fingerprint density at radius 2 is 1.68 bits per heavy atom. The van der Waals surface area contributed by atoms with Crippen LogP contribution in [0.25, 0.3) is 27.8 Å². The highest BCUT2D eigenvalue weighted by atomic mass is 32.2. The monoisotopic (exact) mass is 521 g/mol. The van der Waals surface area contributed by atoms with Crippen LogP contribution in [0.2, 0.25) is 0 Å². The van der Waals surface area contributed by atoms with Crippen molar-refractivity contribution in [1.82, 2.24) is 20.2 Å². The molecule has 7 nitrogen and oxygen atoms in total. The number of carbonyl (C=O) groups excluding carboxylic acids is 1. The fourth-order valence-electron chi connectivity index (χ4n) is 4.00. The summed E-state index contributed by atoms with van der Waals surface area (Å²) < 4.78 is 7.26. The van der Waals surface area contributed by atoms with E-state index in [9.17, 15) is 4.79 Å². The average molecular weight is 522 g/mol. The summed E-state index contributed by atoms with van der Waals surface area (Å²) in [6.45, 7) is 3.92. The zero-order valence-corrected chi connectivity index (χ0v) is 22.2. The minimum atomic E-state index is -0.226. The van der Waals surface area contributed by atoms with E-state index in [1.165, 1.54) is 11.8 Å². The lowest BCUT2D eigenvalue weighted by Gasteiger charge is -2.11. The third kappa shape index (κ3) is 5.60. The molecule has 5 aromatic rings. The molecule has 4 aromatic carbocycles. The number of aryl methyl sites for hydroxylation is 1. The van der Waals surface area contributed by atoms with E-state index in [0.29, 0.717) is 11.0 Å². The number of fused-ring (bicyclic) bond motifs is 1. The second-order valence-corrected chi connectivity index (χ2v) is 9.73. The van der Waals surface area contributed by atoms with Crippen LogP contribution < -0.4 is 10.2 Å². The van der Waals surface area contributed by atoms with Crippen molar-refractivity contribution in [2.24, 2.45) is 5.10 Å². The maximum atomic E-state index is 12.7. The van der Waals surface area contributed by atoms with Gasteiger partial charge in [0.1, 0.15) is 5.75 Å². The molecule has 0 fully saturated rings. The van der Waals surface area contributed by atoms with Crippen LogP contribution in [0.3, 0.4) is 0 Å². The topological polar surface area (TPSA) is 81.4 Å². The Balaban J connectivity index is 1.33. The number of hydrazone groups is 1. The summed E-state index contributed by atoms with van der Waals surface area (Å²) in [6.07, 6.45) is 0. The lowest BCUT2D eigenvalue weighted by atomic mass is 10.0. The lowest BCUT2D eigenvalue weighted by molar-refractivity contribution is -0.118. The van der Waals surface area contributed by atoms with E-state index in [1.54, 1.807) is 7.11 Å². The molecule has 1 amide bonds. The first kappa shape index (κ1) is 25.2. The zero-order chi connectivity index (χ0) is 26.5. The fraction of sp³-hybridized carbons (Fsp3) is 0.133. The predicted molar refractivity (Wildman–Crippen MR) is 153 cm³/mol. The van der Waals surface area contributed by atoms with Gasteiger partial charge in [-0.15, -0.1) is 10.2 Å². The van der Waals surface area contributed by atoms with Gasteiger partial charge in [-0.2, -0.15) is 5.10 Å². The van der Waals surface area contributed by atoms with Crippen LogP contribution in [0.15, 0.2) is 101 Å². The number of hydrogen-bond donors (Lipinski definition) is 1. The van der Waals surface area contributed by atoms with Gasteiger partial charge in [-0.05, 0) is 60.5 Å². The molecule has 5 rings (SSSR count). The molecule has 1 N–H and O–H groups in total. The molecule has 0 saturated carbocycles. The zero-order valence-electron chi connectivity index (χ0n) is 21.4. The van der Waals surface area contributed by atoms with Gasteiger partial charge in [0, 0.05) is 11.3 Å². The summed E-state index contributed by atoms with van der Waals surface area (Å²) in [4.78, 5) is 12.7. The number of carbonyl (C=O) groups is 1. The summed E-state index contributed by atoms with van der Waals surface area (Å²) in [5.41, 5.74) is 7.34. The first-order valence-electron chi connectivity index (χ1n) is 12.1. The number of benzene rings is 4. The number of methoxy groups -OCH3 is 1. The normalized spacial score (nSPS) is 11.5. The molecule has 0 atom stereocenters. The molecule has 0 radical (unpaired) electrons. The standard InChI is InChI=1S/C30H27N5O2S/c1-20-8-10-23(11-9-20)29-33-34-30(35(29)26-14-16-27(37-3)17-15-26)38-19-28(36)32-31-21(2)24-13-12-22-6-4-5-7-25(22)18-24/h4-18H,19H2,1-3H3,(H,32,36)/b31-21-. The quantitative estimate of drug-likeness (QED) is 0.153. The van der Waals surface area contributed by atoms with Crippen LogP contribution in [0.5, 0.6) is 5.75 Å². The van der Waals surface area contributed by atoms with Gasteiger partial charge >= 0.3 is 0 Å².